The van der Waals surface area contributed by atoms with E-state index in [9.17, 15) is 21.6 Å². The van der Waals surface area contributed by atoms with Crippen molar-refractivity contribution in [1.29, 1.82) is 0 Å². The molecular weight excluding hydrogens is 277 g/mol. The van der Waals surface area contributed by atoms with Gasteiger partial charge in [-0.05, 0) is 31.1 Å². The molecule has 1 aliphatic rings. The molecule has 0 radical (unpaired) electrons. The van der Waals surface area contributed by atoms with Gasteiger partial charge in [0.05, 0.1) is 5.25 Å². The summed E-state index contributed by atoms with van der Waals surface area (Å²) in [7, 11) is -3.49. The number of alkyl halides is 3. The standard InChI is InChI=1S/C8H15F3N2O2S2/c9-8(10,11)16-5-4-13-17(14,15)7-2-1-3-12-6-7/h7,12-13H,1-6H2. The first kappa shape index (κ1) is 15.1. The molecule has 0 aromatic carbocycles. The molecule has 1 unspecified atom stereocenters. The molecule has 1 aliphatic heterocycles. The van der Waals surface area contributed by atoms with Crippen LogP contribution in [0.2, 0.25) is 0 Å². The lowest BCUT2D eigenvalue weighted by atomic mass is 10.2. The van der Waals surface area contributed by atoms with Crippen molar-refractivity contribution in [1.82, 2.24) is 10.0 Å². The zero-order valence-corrected chi connectivity index (χ0v) is 10.7. The van der Waals surface area contributed by atoms with Crippen LogP contribution in [0.3, 0.4) is 0 Å². The lowest BCUT2D eigenvalue weighted by Crippen LogP contribution is -2.44. The number of thioether (sulfide) groups is 1. The van der Waals surface area contributed by atoms with Crippen molar-refractivity contribution in [3.63, 3.8) is 0 Å². The Labute approximate surface area is 103 Å². The topological polar surface area (TPSA) is 58.2 Å². The highest BCUT2D eigenvalue weighted by molar-refractivity contribution is 8.00. The fourth-order valence-corrected chi connectivity index (χ4v) is 3.55. The Morgan fingerprint density at radius 3 is 2.65 bits per heavy atom. The highest BCUT2D eigenvalue weighted by Gasteiger charge is 2.29. The van der Waals surface area contributed by atoms with Gasteiger partial charge in [0, 0.05) is 18.8 Å². The van der Waals surface area contributed by atoms with Crippen LogP contribution in [0.15, 0.2) is 0 Å². The third-order valence-corrected chi connectivity index (χ3v) is 4.98. The van der Waals surface area contributed by atoms with E-state index in [0.717, 1.165) is 13.0 Å². The van der Waals surface area contributed by atoms with Crippen molar-refractivity contribution in [2.75, 3.05) is 25.4 Å². The van der Waals surface area contributed by atoms with Gasteiger partial charge in [-0.1, -0.05) is 0 Å². The minimum Gasteiger partial charge on any atom is -0.315 e. The third-order valence-electron chi connectivity index (χ3n) is 2.36. The van der Waals surface area contributed by atoms with Gasteiger partial charge in [-0.15, -0.1) is 0 Å². The average molecular weight is 292 g/mol. The molecule has 2 N–H and O–H groups in total. The van der Waals surface area contributed by atoms with Crippen molar-refractivity contribution in [3.8, 4) is 0 Å². The van der Waals surface area contributed by atoms with Crippen molar-refractivity contribution in [2.24, 2.45) is 0 Å². The molecule has 1 saturated heterocycles. The van der Waals surface area contributed by atoms with Gasteiger partial charge in [-0.3, -0.25) is 0 Å². The molecule has 0 aromatic heterocycles. The van der Waals surface area contributed by atoms with Gasteiger partial charge < -0.3 is 5.32 Å². The third kappa shape index (κ3) is 5.94. The molecule has 0 saturated carbocycles. The van der Waals surface area contributed by atoms with E-state index in [4.69, 9.17) is 0 Å². The fraction of sp³-hybridized carbons (Fsp3) is 1.00. The zero-order chi connectivity index (χ0) is 12.9. The molecule has 0 amide bonds. The summed E-state index contributed by atoms with van der Waals surface area (Å²) < 4.78 is 61.0. The first-order valence-electron chi connectivity index (χ1n) is 5.21. The number of rotatable bonds is 5. The predicted molar refractivity (Wildman–Crippen MR) is 61.3 cm³/mol. The van der Waals surface area contributed by atoms with Crippen LogP contribution >= 0.6 is 11.8 Å². The molecule has 1 rings (SSSR count). The maximum Gasteiger partial charge on any atom is 0.441 e. The number of hydrogen-bond donors (Lipinski definition) is 2. The summed E-state index contributed by atoms with van der Waals surface area (Å²) in [5.74, 6) is -0.303. The summed E-state index contributed by atoms with van der Waals surface area (Å²) in [6.07, 6.45) is 1.32. The second-order valence-corrected chi connectivity index (χ2v) is 6.91. The monoisotopic (exact) mass is 292 g/mol. The minimum absolute atomic E-state index is 0.191. The SMILES string of the molecule is O=S(=O)(NCCSC(F)(F)F)C1CCCNC1. The van der Waals surface area contributed by atoms with E-state index in [1.807, 2.05) is 0 Å². The summed E-state index contributed by atoms with van der Waals surface area (Å²) in [6, 6.07) is 0. The van der Waals surface area contributed by atoms with Gasteiger partial charge in [0.15, 0.2) is 0 Å². The normalized spacial score (nSPS) is 22.6. The zero-order valence-electron chi connectivity index (χ0n) is 9.09. The first-order chi connectivity index (χ1) is 7.81. The maximum atomic E-state index is 11.8. The largest absolute Gasteiger partial charge is 0.441 e. The first-order valence-corrected chi connectivity index (χ1v) is 7.74. The Morgan fingerprint density at radius 1 is 1.41 bits per heavy atom. The molecule has 0 spiro atoms. The summed E-state index contributed by atoms with van der Waals surface area (Å²) in [5.41, 5.74) is -4.31. The number of sulfonamides is 1. The van der Waals surface area contributed by atoms with Crippen molar-refractivity contribution < 1.29 is 21.6 Å². The quantitative estimate of drug-likeness (QED) is 0.740. The lowest BCUT2D eigenvalue weighted by Gasteiger charge is -2.22. The maximum absolute atomic E-state index is 11.8. The molecule has 0 aromatic rings. The van der Waals surface area contributed by atoms with Gasteiger partial charge in [-0.2, -0.15) is 13.2 Å². The Kier molecular flexibility index (Phi) is 5.55. The Morgan fingerprint density at radius 2 is 2.12 bits per heavy atom. The van der Waals surface area contributed by atoms with E-state index in [1.54, 1.807) is 0 Å². The van der Waals surface area contributed by atoms with E-state index in [-0.39, 0.29) is 24.1 Å². The van der Waals surface area contributed by atoms with E-state index in [2.05, 4.69) is 10.0 Å². The van der Waals surface area contributed by atoms with Crippen LogP contribution in [0, 0.1) is 0 Å². The second kappa shape index (κ2) is 6.26. The number of nitrogens with one attached hydrogen (secondary N) is 2. The summed E-state index contributed by atoms with van der Waals surface area (Å²) >= 11 is -0.222. The van der Waals surface area contributed by atoms with Crippen LogP contribution in [0.4, 0.5) is 13.2 Å². The Hall–Kier alpha value is 0.01000. The van der Waals surface area contributed by atoms with E-state index < -0.39 is 20.8 Å². The van der Waals surface area contributed by atoms with Crippen LogP contribution in [0.5, 0.6) is 0 Å². The lowest BCUT2D eigenvalue weighted by molar-refractivity contribution is -0.0327. The van der Waals surface area contributed by atoms with Crippen molar-refractivity contribution >= 4 is 21.8 Å². The van der Waals surface area contributed by atoms with E-state index in [1.165, 1.54) is 0 Å². The fourth-order valence-electron chi connectivity index (χ4n) is 1.55. The molecule has 0 aliphatic carbocycles. The van der Waals surface area contributed by atoms with Crippen molar-refractivity contribution in [3.05, 3.63) is 0 Å². The molecule has 1 heterocycles. The van der Waals surface area contributed by atoms with Gasteiger partial charge in [0.1, 0.15) is 0 Å². The number of hydrogen-bond acceptors (Lipinski definition) is 4. The summed E-state index contributed by atoms with van der Waals surface area (Å²) in [6.45, 7) is 0.959. The molecule has 17 heavy (non-hydrogen) atoms. The number of halogens is 3. The summed E-state index contributed by atoms with van der Waals surface area (Å²) in [5, 5.41) is 2.42. The van der Waals surface area contributed by atoms with Crippen LogP contribution in [0.25, 0.3) is 0 Å². The number of piperidine rings is 1. The molecule has 9 heteroatoms. The van der Waals surface area contributed by atoms with Crippen molar-refractivity contribution in [2.45, 2.75) is 23.6 Å². The predicted octanol–water partition coefficient (Wildman–Crippen LogP) is 0.911. The molecule has 4 nitrogen and oxygen atoms in total. The van der Waals surface area contributed by atoms with Crippen LogP contribution in [-0.4, -0.2) is 44.6 Å². The summed E-state index contributed by atoms with van der Waals surface area (Å²) in [4.78, 5) is 0. The molecule has 1 atom stereocenters. The van der Waals surface area contributed by atoms with Gasteiger partial charge >= 0.3 is 5.51 Å². The van der Waals surface area contributed by atoms with Gasteiger partial charge in [0.2, 0.25) is 10.0 Å². The molecule has 102 valence electrons. The van der Waals surface area contributed by atoms with Crippen LogP contribution in [0.1, 0.15) is 12.8 Å². The van der Waals surface area contributed by atoms with Crippen LogP contribution < -0.4 is 10.0 Å². The molecule has 1 fully saturated rings. The Balaban J connectivity index is 2.29. The minimum atomic E-state index is -4.31. The highest BCUT2D eigenvalue weighted by atomic mass is 32.2. The second-order valence-electron chi connectivity index (χ2n) is 3.70. The van der Waals surface area contributed by atoms with Gasteiger partial charge in [-0.25, -0.2) is 13.1 Å². The molecule has 0 bridgehead atoms. The van der Waals surface area contributed by atoms with Crippen LogP contribution in [-0.2, 0) is 10.0 Å². The smallest absolute Gasteiger partial charge is 0.315 e. The molecular formula is C8H15F3N2O2S2. The average Bonchev–Trinajstić information content (AvgIpc) is 2.25. The Bertz CT molecular complexity index is 326. The van der Waals surface area contributed by atoms with E-state index in [0.29, 0.717) is 13.0 Å². The van der Waals surface area contributed by atoms with E-state index >= 15 is 0 Å². The van der Waals surface area contributed by atoms with Gasteiger partial charge in [0.25, 0.3) is 0 Å². The highest BCUT2D eigenvalue weighted by Crippen LogP contribution is 2.29.